The van der Waals surface area contributed by atoms with Crippen LogP contribution in [0.4, 0.5) is 8.78 Å². The third kappa shape index (κ3) is 6.94. The van der Waals surface area contributed by atoms with Crippen molar-refractivity contribution in [2.24, 2.45) is 0 Å². The average Bonchev–Trinajstić information content (AvgIpc) is 2.73. The number of ketones is 1. The molecule has 0 bridgehead atoms. The summed E-state index contributed by atoms with van der Waals surface area (Å²) in [6.45, 7) is -2.42. The van der Waals surface area contributed by atoms with Gasteiger partial charge in [0.2, 0.25) is 0 Å². The lowest BCUT2D eigenvalue weighted by molar-refractivity contribution is -0.122. The topological polar surface area (TPSA) is 104 Å². The van der Waals surface area contributed by atoms with E-state index >= 15 is 0 Å². The van der Waals surface area contributed by atoms with Gasteiger partial charge >= 0.3 is 0 Å². The van der Waals surface area contributed by atoms with E-state index in [1.165, 1.54) is 48.5 Å². The van der Waals surface area contributed by atoms with Crippen molar-refractivity contribution in [1.82, 2.24) is 0 Å². The third-order valence-electron chi connectivity index (χ3n) is 4.43. The number of alkyl halides is 2. The lowest BCUT2D eigenvalue weighted by Gasteiger charge is -2.19. The Morgan fingerprint density at radius 3 is 1.30 bits per heavy atom. The molecule has 0 saturated carbocycles. The van der Waals surface area contributed by atoms with Crippen molar-refractivity contribution in [2.45, 2.75) is 25.0 Å². The third-order valence-corrected chi connectivity index (χ3v) is 5.11. The Hall–Kier alpha value is -2.21. The van der Waals surface area contributed by atoms with Crippen molar-refractivity contribution in [3.63, 3.8) is 0 Å². The van der Waals surface area contributed by atoms with E-state index in [0.717, 1.165) is 0 Å². The summed E-state index contributed by atoms with van der Waals surface area (Å²) in [5, 5.41) is 0. The molecule has 2 unspecified atom stereocenters. The van der Waals surface area contributed by atoms with Crippen molar-refractivity contribution in [3.8, 4) is 0 Å². The number of carbonyl (C=O) groups excluding carboxylic acids is 1. The summed E-state index contributed by atoms with van der Waals surface area (Å²) >= 11 is 0. The Bertz CT molecular complexity index is 891. The normalized spacial score (nSPS) is 13.5. The van der Waals surface area contributed by atoms with E-state index in [4.69, 9.17) is 0 Å². The maximum atomic E-state index is 13.7. The summed E-state index contributed by atoms with van der Waals surface area (Å²) < 4.78 is 78.2. The van der Waals surface area contributed by atoms with Gasteiger partial charge in [-0.05, 0) is 22.3 Å². The molecular weight excluding hydrogens is 442 g/mol. The van der Waals surface area contributed by atoms with Crippen LogP contribution in [0.5, 0.6) is 0 Å². The fraction of sp³-hybridized carbons (Fsp3) is 0.316. The zero-order chi connectivity index (χ0) is 22.1. The zero-order valence-electron chi connectivity index (χ0n) is 15.6. The van der Waals surface area contributed by atoms with Gasteiger partial charge < -0.3 is 0 Å². The molecule has 0 aromatic heterocycles. The summed E-state index contributed by atoms with van der Waals surface area (Å²) in [6.07, 6.45) is 0. The molecule has 0 saturated heterocycles. The number of rotatable bonds is 12. The van der Waals surface area contributed by atoms with Crippen LogP contribution in [0.2, 0.25) is 0 Å². The molecule has 0 radical (unpaired) electrons. The summed E-state index contributed by atoms with van der Waals surface area (Å²) in [4.78, 5) is 12.8. The predicted molar refractivity (Wildman–Crippen MR) is 106 cm³/mol. The van der Waals surface area contributed by atoms with Gasteiger partial charge in [-0.15, -0.1) is 0 Å². The molecule has 0 fully saturated rings. The second-order valence-electron chi connectivity index (χ2n) is 6.29. The minimum absolute atomic E-state index is 0.184. The minimum atomic E-state index is -3.00. The number of hydrogen-bond acceptors (Lipinski definition) is 7. The fourth-order valence-electron chi connectivity index (χ4n) is 2.85. The monoisotopic (exact) mass is 462 g/mol. The molecule has 11 heteroatoms. The van der Waals surface area contributed by atoms with E-state index < -0.39 is 52.9 Å². The van der Waals surface area contributed by atoms with Crippen molar-refractivity contribution < 1.29 is 38.8 Å². The summed E-state index contributed by atoms with van der Waals surface area (Å²) in [7, 11) is -5.99. The smallest absolute Gasteiger partial charge is 0.257 e. The van der Waals surface area contributed by atoms with E-state index in [2.05, 4.69) is 8.37 Å². The van der Waals surface area contributed by atoms with E-state index in [0.29, 0.717) is 22.3 Å². The van der Waals surface area contributed by atoms with Crippen molar-refractivity contribution in [1.29, 1.82) is 0 Å². The Kier molecular flexibility index (Phi) is 9.50. The molecule has 30 heavy (non-hydrogen) atoms. The SMILES string of the molecule is O=C(C(CF)c1ccc(CO[SH](=O)=O)cc1)C(CF)c1ccc(CO[SH](=O)=O)cc1. The van der Waals surface area contributed by atoms with Crippen LogP contribution in [0.3, 0.4) is 0 Å². The summed E-state index contributed by atoms with van der Waals surface area (Å²) in [5.74, 6) is -3.02. The molecule has 0 heterocycles. The van der Waals surface area contributed by atoms with Gasteiger partial charge in [0.25, 0.3) is 22.0 Å². The summed E-state index contributed by atoms with van der Waals surface area (Å²) in [6, 6.07) is 11.9. The van der Waals surface area contributed by atoms with Crippen LogP contribution in [0, 0.1) is 0 Å². The van der Waals surface area contributed by atoms with Crippen LogP contribution < -0.4 is 0 Å². The number of thiol groups is 2. The molecule has 0 amide bonds. The first-order valence-electron chi connectivity index (χ1n) is 8.73. The van der Waals surface area contributed by atoms with Crippen LogP contribution in [-0.2, 0) is 48.3 Å². The standard InChI is InChI=1S/C19H20F2O7S2/c20-9-17(15-5-1-13(2-6-15)11-27-29(23)24)19(22)18(10-21)16-7-3-14(4-8-16)12-28-30(25)26/h1-8,17-18,29-30H,9-12H2. The van der Waals surface area contributed by atoms with Crippen molar-refractivity contribution in [2.75, 3.05) is 13.3 Å². The Labute approximate surface area is 175 Å². The molecular formula is C19H20F2O7S2. The van der Waals surface area contributed by atoms with Crippen LogP contribution in [0.15, 0.2) is 48.5 Å². The molecule has 164 valence electrons. The Morgan fingerprint density at radius 2 is 1.03 bits per heavy atom. The quantitative estimate of drug-likeness (QED) is 0.466. The molecule has 0 aliphatic heterocycles. The molecule has 0 N–H and O–H groups in total. The predicted octanol–water partition coefficient (Wildman–Crippen LogP) is 2.15. The van der Waals surface area contributed by atoms with E-state index in [1.54, 1.807) is 0 Å². The molecule has 0 spiro atoms. The van der Waals surface area contributed by atoms with Gasteiger partial charge in [0.05, 0.1) is 25.0 Å². The van der Waals surface area contributed by atoms with Gasteiger partial charge in [-0.3, -0.25) is 13.2 Å². The van der Waals surface area contributed by atoms with Crippen LogP contribution in [-0.4, -0.2) is 36.0 Å². The van der Waals surface area contributed by atoms with Crippen LogP contribution in [0.25, 0.3) is 0 Å². The number of hydrogen-bond donors (Lipinski definition) is 2. The van der Waals surface area contributed by atoms with Gasteiger partial charge in [0.15, 0.2) is 5.78 Å². The highest BCUT2D eigenvalue weighted by atomic mass is 32.2. The zero-order valence-corrected chi connectivity index (χ0v) is 17.4. The van der Waals surface area contributed by atoms with E-state index in [-0.39, 0.29) is 13.2 Å². The van der Waals surface area contributed by atoms with Gasteiger partial charge in [0, 0.05) is 0 Å². The first-order valence-corrected chi connectivity index (χ1v) is 10.9. The second-order valence-corrected chi connectivity index (χ2v) is 7.70. The highest BCUT2D eigenvalue weighted by Crippen LogP contribution is 2.28. The van der Waals surface area contributed by atoms with Crippen molar-refractivity contribution in [3.05, 3.63) is 70.8 Å². The lowest BCUT2D eigenvalue weighted by atomic mass is 9.84. The molecule has 2 aromatic rings. The highest BCUT2D eigenvalue weighted by Gasteiger charge is 2.29. The maximum absolute atomic E-state index is 13.7. The first kappa shape index (κ1) is 24.1. The highest BCUT2D eigenvalue weighted by molar-refractivity contribution is 7.67. The van der Waals surface area contributed by atoms with E-state index in [9.17, 15) is 30.4 Å². The molecule has 2 atom stereocenters. The number of Topliss-reactive ketones (excluding diaryl/α,β-unsaturated/α-hetero) is 1. The van der Waals surface area contributed by atoms with Gasteiger partial charge in [-0.25, -0.2) is 25.6 Å². The Balaban J connectivity index is 2.15. The molecule has 0 aliphatic rings. The maximum Gasteiger partial charge on any atom is 0.257 e. The first-order chi connectivity index (χ1) is 14.3. The van der Waals surface area contributed by atoms with Crippen LogP contribution in [0.1, 0.15) is 34.1 Å². The molecule has 7 nitrogen and oxygen atoms in total. The summed E-state index contributed by atoms with van der Waals surface area (Å²) in [5.41, 5.74) is 1.70. The lowest BCUT2D eigenvalue weighted by Crippen LogP contribution is -2.24. The van der Waals surface area contributed by atoms with Gasteiger partial charge in [-0.2, -0.15) is 0 Å². The number of halogens is 2. The largest absolute Gasteiger partial charge is 0.298 e. The van der Waals surface area contributed by atoms with Gasteiger partial charge in [-0.1, -0.05) is 48.5 Å². The minimum Gasteiger partial charge on any atom is -0.298 e. The second kappa shape index (κ2) is 11.8. The van der Waals surface area contributed by atoms with Crippen molar-refractivity contribution >= 4 is 27.8 Å². The molecule has 2 rings (SSSR count). The van der Waals surface area contributed by atoms with E-state index in [1.807, 2.05) is 0 Å². The molecule has 0 aliphatic carbocycles. The Morgan fingerprint density at radius 1 is 0.700 bits per heavy atom. The van der Waals surface area contributed by atoms with Crippen LogP contribution >= 0.6 is 0 Å². The fourth-order valence-corrected chi connectivity index (χ4v) is 3.36. The number of benzene rings is 2. The molecule has 2 aromatic carbocycles. The number of carbonyl (C=O) groups is 1. The van der Waals surface area contributed by atoms with Gasteiger partial charge in [0.1, 0.15) is 13.3 Å². The average molecular weight is 462 g/mol.